The molecule has 0 saturated carbocycles. The van der Waals surface area contributed by atoms with E-state index in [1.165, 1.54) is 25.1 Å². The number of imide groups is 1. The number of hydrogen-bond acceptors (Lipinski definition) is 3. The first-order chi connectivity index (χ1) is 13.1. The van der Waals surface area contributed by atoms with E-state index < -0.39 is 41.6 Å². The Morgan fingerprint density at radius 2 is 1.86 bits per heavy atom. The van der Waals surface area contributed by atoms with Gasteiger partial charge in [-0.3, -0.25) is 14.5 Å². The molecule has 1 unspecified atom stereocenters. The molecule has 146 valence electrons. The number of amides is 4. The molecular formula is C18H13Cl2F2N3O3. The van der Waals surface area contributed by atoms with Crippen LogP contribution in [-0.2, 0) is 15.1 Å². The van der Waals surface area contributed by atoms with Gasteiger partial charge in [-0.15, -0.1) is 0 Å². The summed E-state index contributed by atoms with van der Waals surface area (Å²) in [6.45, 7) is 0.808. The minimum absolute atomic E-state index is 0.199. The Morgan fingerprint density at radius 3 is 2.50 bits per heavy atom. The van der Waals surface area contributed by atoms with Gasteiger partial charge in [0, 0.05) is 6.07 Å². The average Bonchev–Trinajstić information content (AvgIpc) is 2.84. The lowest BCUT2D eigenvalue weighted by Gasteiger charge is -2.22. The normalized spacial score (nSPS) is 19.0. The molecule has 0 aliphatic carbocycles. The number of anilines is 1. The molecule has 0 radical (unpaired) electrons. The van der Waals surface area contributed by atoms with Gasteiger partial charge in [0.15, 0.2) is 0 Å². The summed E-state index contributed by atoms with van der Waals surface area (Å²) in [5.41, 5.74) is -1.34. The number of urea groups is 1. The van der Waals surface area contributed by atoms with Crippen LogP contribution in [0.1, 0.15) is 12.5 Å². The average molecular weight is 428 g/mol. The van der Waals surface area contributed by atoms with Crippen LogP contribution in [0.4, 0.5) is 19.3 Å². The quantitative estimate of drug-likeness (QED) is 0.730. The fraction of sp³-hybridized carbons (Fsp3) is 0.167. The van der Waals surface area contributed by atoms with E-state index in [1.54, 1.807) is 0 Å². The van der Waals surface area contributed by atoms with E-state index >= 15 is 0 Å². The highest BCUT2D eigenvalue weighted by Crippen LogP contribution is 2.33. The van der Waals surface area contributed by atoms with Crippen LogP contribution >= 0.6 is 23.2 Å². The molecule has 1 aliphatic rings. The summed E-state index contributed by atoms with van der Waals surface area (Å²) in [7, 11) is 0. The van der Waals surface area contributed by atoms with E-state index in [9.17, 15) is 23.2 Å². The van der Waals surface area contributed by atoms with Crippen LogP contribution in [0.3, 0.4) is 0 Å². The topological polar surface area (TPSA) is 78.5 Å². The maximum absolute atomic E-state index is 13.7. The fourth-order valence-electron chi connectivity index (χ4n) is 2.77. The van der Waals surface area contributed by atoms with Crippen LogP contribution in [-0.4, -0.2) is 29.3 Å². The summed E-state index contributed by atoms with van der Waals surface area (Å²) >= 11 is 11.9. The Hall–Kier alpha value is -2.71. The molecule has 0 aromatic heterocycles. The molecule has 2 N–H and O–H groups in total. The van der Waals surface area contributed by atoms with Gasteiger partial charge < -0.3 is 10.6 Å². The van der Waals surface area contributed by atoms with Gasteiger partial charge in [0.2, 0.25) is 5.91 Å². The van der Waals surface area contributed by atoms with Crippen LogP contribution < -0.4 is 10.6 Å². The van der Waals surface area contributed by atoms with Gasteiger partial charge in [0.05, 0.1) is 15.7 Å². The molecule has 6 nitrogen and oxygen atoms in total. The van der Waals surface area contributed by atoms with E-state index in [-0.39, 0.29) is 15.7 Å². The Balaban J connectivity index is 1.77. The van der Waals surface area contributed by atoms with Crippen LogP contribution in [0.15, 0.2) is 36.4 Å². The number of halogens is 4. The molecule has 1 atom stereocenters. The van der Waals surface area contributed by atoms with E-state index in [4.69, 9.17) is 23.2 Å². The molecule has 1 heterocycles. The highest BCUT2D eigenvalue weighted by Gasteiger charge is 2.49. The molecule has 3 rings (SSSR count). The first-order valence-electron chi connectivity index (χ1n) is 7.96. The van der Waals surface area contributed by atoms with Gasteiger partial charge >= 0.3 is 6.03 Å². The first kappa shape index (κ1) is 20.0. The lowest BCUT2D eigenvalue weighted by molar-refractivity contribution is -0.133. The minimum atomic E-state index is -1.45. The van der Waals surface area contributed by atoms with Crippen molar-refractivity contribution in [2.45, 2.75) is 12.5 Å². The second-order valence-corrected chi connectivity index (χ2v) is 7.06. The second kappa shape index (κ2) is 7.37. The maximum atomic E-state index is 13.7. The fourth-order valence-corrected chi connectivity index (χ4v) is 3.07. The Morgan fingerprint density at radius 1 is 1.14 bits per heavy atom. The van der Waals surface area contributed by atoms with Crippen molar-refractivity contribution in [2.24, 2.45) is 0 Å². The van der Waals surface area contributed by atoms with Gasteiger partial charge in [-0.25, -0.2) is 13.6 Å². The number of benzene rings is 2. The second-order valence-electron chi connectivity index (χ2n) is 6.25. The smallest absolute Gasteiger partial charge is 0.322 e. The van der Waals surface area contributed by atoms with E-state index in [2.05, 4.69) is 10.6 Å². The van der Waals surface area contributed by atoms with Gasteiger partial charge in [-0.2, -0.15) is 0 Å². The summed E-state index contributed by atoms with van der Waals surface area (Å²) in [6, 6.07) is 6.26. The highest BCUT2D eigenvalue weighted by molar-refractivity contribution is 6.42. The lowest BCUT2D eigenvalue weighted by Crippen LogP contribution is -2.42. The molecule has 2 aromatic rings. The highest BCUT2D eigenvalue weighted by atomic mass is 35.5. The molecule has 1 fully saturated rings. The number of nitrogens with zero attached hydrogens (tertiary/aromatic N) is 1. The number of nitrogens with one attached hydrogen (secondary N) is 2. The summed E-state index contributed by atoms with van der Waals surface area (Å²) in [6.07, 6.45) is 0. The summed E-state index contributed by atoms with van der Waals surface area (Å²) in [4.78, 5) is 37.9. The van der Waals surface area contributed by atoms with Crippen molar-refractivity contribution < 1.29 is 23.2 Å². The monoisotopic (exact) mass is 427 g/mol. The van der Waals surface area contributed by atoms with Crippen LogP contribution in [0.5, 0.6) is 0 Å². The molecule has 0 bridgehead atoms. The van der Waals surface area contributed by atoms with E-state index in [0.717, 1.165) is 12.1 Å². The third-order valence-electron chi connectivity index (χ3n) is 4.28. The van der Waals surface area contributed by atoms with Crippen molar-refractivity contribution >= 4 is 46.7 Å². The third kappa shape index (κ3) is 3.65. The van der Waals surface area contributed by atoms with E-state index in [0.29, 0.717) is 16.5 Å². The maximum Gasteiger partial charge on any atom is 0.325 e. The van der Waals surface area contributed by atoms with Crippen molar-refractivity contribution in [1.82, 2.24) is 10.2 Å². The van der Waals surface area contributed by atoms with Crippen LogP contribution in [0.2, 0.25) is 10.0 Å². The van der Waals surface area contributed by atoms with Crippen LogP contribution in [0, 0.1) is 11.6 Å². The van der Waals surface area contributed by atoms with Gasteiger partial charge in [-0.1, -0.05) is 29.3 Å². The summed E-state index contributed by atoms with van der Waals surface area (Å²) in [5.74, 6) is -3.30. The number of carbonyl (C=O) groups excluding carboxylic acids is 3. The molecule has 4 amide bonds. The number of rotatable bonds is 4. The summed E-state index contributed by atoms with van der Waals surface area (Å²) < 4.78 is 26.6. The van der Waals surface area contributed by atoms with Crippen molar-refractivity contribution in [3.63, 3.8) is 0 Å². The molecule has 1 saturated heterocycles. The largest absolute Gasteiger partial charge is 0.325 e. The predicted octanol–water partition coefficient (Wildman–Crippen LogP) is 3.68. The van der Waals surface area contributed by atoms with Crippen LogP contribution in [0.25, 0.3) is 0 Å². The zero-order valence-corrected chi connectivity index (χ0v) is 15.9. The van der Waals surface area contributed by atoms with Gasteiger partial charge in [0.25, 0.3) is 5.91 Å². The molecule has 0 spiro atoms. The molecular weight excluding hydrogens is 415 g/mol. The Bertz CT molecular complexity index is 1000. The Kier molecular flexibility index (Phi) is 5.27. The zero-order chi connectivity index (χ0) is 20.6. The van der Waals surface area contributed by atoms with Gasteiger partial charge in [-0.05, 0) is 36.8 Å². The molecule has 1 aliphatic heterocycles. The Labute approximate surface area is 168 Å². The predicted molar refractivity (Wildman–Crippen MR) is 99.0 cm³/mol. The zero-order valence-electron chi connectivity index (χ0n) is 14.4. The molecule has 2 aromatic carbocycles. The number of carbonyl (C=O) groups is 3. The van der Waals surface area contributed by atoms with Gasteiger partial charge in [0.1, 0.15) is 23.7 Å². The molecule has 10 heteroatoms. The lowest BCUT2D eigenvalue weighted by atomic mass is 9.92. The number of hydrogen-bond donors (Lipinski definition) is 2. The van der Waals surface area contributed by atoms with Crippen molar-refractivity contribution in [2.75, 3.05) is 11.9 Å². The van der Waals surface area contributed by atoms with Crippen molar-refractivity contribution in [3.05, 3.63) is 63.6 Å². The minimum Gasteiger partial charge on any atom is -0.322 e. The third-order valence-corrected chi connectivity index (χ3v) is 5.02. The summed E-state index contributed by atoms with van der Waals surface area (Å²) in [5, 5.41) is 5.19. The van der Waals surface area contributed by atoms with Crippen molar-refractivity contribution in [3.8, 4) is 0 Å². The molecule has 28 heavy (non-hydrogen) atoms. The standard InChI is InChI=1S/C18H13Cl2F2N3O3/c1-18(9-2-4-11(19)12(20)6-9)16(27)25(17(28)24-18)8-15(26)23-14-5-3-10(21)7-13(14)22/h2-7H,8H2,1H3,(H,23,26)(H,24,28). The first-order valence-corrected chi connectivity index (χ1v) is 8.72. The van der Waals surface area contributed by atoms with Crippen molar-refractivity contribution in [1.29, 1.82) is 0 Å². The SMILES string of the molecule is CC1(c2ccc(Cl)c(Cl)c2)NC(=O)N(CC(=O)Nc2ccc(F)cc2F)C1=O. The van der Waals surface area contributed by atoms with E-state index in [1.807, 2.05) is 0 Å².